The second kappa shape index (κ2) is 10.8. The summed E-state index contributed by atoms with van der Waals surface area (Å²) < 4.78 is 11.7. The number of amides is 1. The number of hydrogen-bond acceptors (Lipinski definition) is 5. The van der Waals surface area contributed by atoms with Crippen LogP contribution in [0, 0.1) is 0 Å². The van der Waals surface area contributed by atoms with Crippen LogP contribution >= 0.6 is 12.4 Å². The summed E-state index contributed by atoms with van der Waals surface area (Å²) in [6.45, 7) is 5.71. The van der Waals surface area contributed by atoms with Crippen molar-refractivity contribution in [2.75, 3.05) is 18.0 Å². The Hall–Kier alpha value is -2.83. The predicted molar refractivity (Wildman–Crippen MR) is 141 cm³/mol. The minimum absolute atomic E-state index is 0. The van der Waals surface area contributed by atoms with Gasteiger partial charge in [-0.15, -0.1) is 12.4 Å². The summed E-state index contributed by atoms with van der Waals surface area (Å²) in [5.41, 5.74) is 2.47. The van der Waals surface area contributed by atoms with Crippen LogP contribution in [0.3, 0.4) is 0 Å². The number of piperidine rings is 1. The lowest BCUT2D eigenvalue weighted by Gasteiger charge is -2.40. The van der Waals surface area contributed by atoms with Gasteiger partial charge in [-0.1, -0.05) is 36.8 Å². The Morgan fingerprint density at radius 1 is 1.06 bits per heavy atom. The summed E-state index contributed by atoms with van der Waals surface area (Å²) in [6, 6.07) is 16.3. The molecule has 2 aliphatic heterocycles. The number of halogens is 1. The lowest BCUT2D eigenvalue weighted by atomic mass is 9.96. The molecule has 6 nitrogen and oxygen atoms in total. The van der Waals surface area contributed by atoms with Gasteiger partial charge < -0.3 is 14.1 Å². The van der Waals surface area contributed by atoms with Gasteiger partial charge in [0.2, 0.25) is 5.91 Å². The maximum atomic E-state index is 13.4. The maximum Gasteiger partial charge on any atom is 0.360 e. The van der Waals surface area contributed by atoms with E-state index in [2.05, 4.69) is 18.7 Å². The molecule has 5 rings (SSSR count). The van der Waals surface area contributed by atoms with Gasteiger partial charge in [-0.3, -0.25) is 9.69 Å². The Balaban J connectivity index is 0.00000289. The smallest absolute Gasteiger partial charge is 0.360 e. The monoisotopic (exact) mass is 496 g/mol. The lowest BCUT2D eigenvalue weighted by Crippen LogP contribution is -2.51. The van der Waals surface area contributed by atoms with E-state index in [4.69, 9.17) is 9.15 Å². The van der Waals surface area contributed by atoms with Crippen LogP contribution in [-0.4, -0.2) is 36.0 Å². The molecule has 2 aromatic carbocycles. The molecule has 0 N–H and O–H groups in total. The molecule has 0 saturated carbocycles. The van der Waals surface area contributed by atoms with Crippen molar-refractivity contribution in [3.63, 3.8) is 0 Å². The van der Waals surface area contributed by atoms with Crippen LogP contribution in [0.1, 0.15) is 50.7 Å². The topological polar surface area (TPSA) is 63.0 Å². The number of anilines is 1. The van der Waals surface area contributed by atoms with Gasteiger partial charge in [0.25, 0.3) is 0 Å². The van der Waals surface area contributed by atoms with Crippen LogP contribution in [0.4, 0.5) is 5.69 Å². The zero-order valence-electron chi connectivity index (χ0n) is 20.4. The Bertz CT molecular complexity index is 1230. The summed E-state index contributed by atoms with van der Waals surface area (Å²) in [5, 5.41) is 0.845. The molecular weight excluding hydrogens is 464 g/mol. The minimum Gasteiger partial charge on any atom is -0.489 e. The molecular formula is C28H33ClN2O4. The van der Waals surface area contributed by atoms with Gasteiger partial charge in [0.1, 0.15) is 23.6 Å². The second-order valence-corrected chi connectivity index (χ2v) is 9.60. The Labute approximate surface area is 212 Å². The molecule has 1 saturated heterocycles. The number of carbonyl (C=O) groups excluding carboxylic acids is 1. The quantitative estimate of drug-likeness (QED) is 0.446. The van der Waals surface area contributed by atoms with E-state index in [1.165, 1.54) is 6.42 Å². The van der Waals surface area contributed by atoms with Crippen molar-refractivity contribution >= 4 is 35.0 Å². The number of fused-ring (bicyclic) bond motifs is 3. The summed E-state index contributed by atoms with van der Waals surface area (Å²) >= 11 is 0. The highest BCUT2D eigenvalue weighted by Gasteiger charge is 2.32. The van der Waals surface area contributed by atoms with Gasteiger partial charge in [0.05, 0.1) is 6.54 Å². The van der Waals surface area contributed by atoms with E-state index in [1.54, 1.807) is 11.0 Å². The summed E-state index contributed by atoms with van der Waals surface area (Å²) in [5.74, 6) is 0.691. The normalized spacial score (nSPS) is 20.2. The van der Waals surface area contributed by atoms with Crippen molar-refractivity contribution in [1.29, 1.82) is 0 Å². The first kappa shape index (κ1) is 25.3. The number of aryl methyl sites for hydroxylation is 1. The molecule has 7 heteroatoms. The van der Waals surface area contributed by atoms with Gasteiger partial charge in [-0.05, 0) is 68.9 Å². The average molecular weight is 497 g/mol. The maximum absolute atomic E-state index is 13.4. The third kappa shape index (κ3) is 5.24. The zero-order chi connectivity index (χ0) is 23.7. The number of benzene rings is 2. The van der Waals surface area contributed by atoms with Crippen LogP contribution in [-0.2, 0) is 17.8 Å². The fraction of sp³-hybridized carbons (Fsp3) is 0.429. The van der Waals surface area contributed by atoms with E-state index < -0.39 is 5.63 Å². The van der Waals surface area contributed by atoms with Crippen molar-refractivity contribution < 1.29 is 13.9 Å². The van der Waals surface area contributed by atoms with E-state index in [1.807, 2.05) is 42.5 Å². The lowest BCUT2D eigenvalue weighted by molar-refractivity contribution is -0.121. The van der Waals surface area contributed by atoms with Gasteiger partial charge in [0, 0.05) is 24.0 Å². The van der Waals surface area contributed by atoms with Crippen molar-refractivity contribution in [3.8, 4) is 5.75 Å². The van der Waals surface area contributed by atoms with E-state index >= 15 is 0 Å². The first-order valence-corrected chi connectivity index (χ1v) is 12.3. The second-order valence-electron chi connectivity index (χ2n) is 9.60. The summed E-state index contributed by atoms with van der Waals surface area (Å²) in [7, 11) is 0. The van der Waals surface area contributed by atoms with Crippen LogP contribution in [0.2, 0.25) is 0 Å². The molecule has 1 fully saturated rings. The largest absolute Gasteiger partial charge is 0.489 e. The predicted octanol–water partition coefficient (Wildman–Crippen LogP) is 5.34. The third-order valence-electron chi connectivity index (χ3n) is 7.28. The molecule has 2 unspecified atom stereocenters. The molecule has 1 amide bonds. The highest BCUT2D eigenvalue weighted by atomic mass is 35.5. The Morgan fingerprint density at radius 3 is 2.54 bits per heavy atom. The SMILES string of the molecule is CC1CCCC(C)N1CC(=O)N1CCCc2c1c(=O)oc1ccc(OCc3ccccc3)cc21.Cl. The van der Waals surface area contributed by atoms with Crippen molar-refractivity contribution in [2.24, 2.45) is 0 Å². The first-order valence-electron chi connectivity index (χ1n) is 12.3. The molecule has 0 bridgehead atoms. The van der Waals surface area contributed by atoms with Crippen molar-refractivity contribution in [1.82, 2.24) is 4.90 Å². The fourth-order valence-corrected chi connectivity index (χ4v) is 5.39. The average Bonchev–Trinajstić information content (AvgIpc) is 2.85. The number of hydrogen-bond donors (Lipinski definition) is 0. The zero-order valence-corrected chi connectivity index (χ0v) is 21.2. The third-order valence-corrected chi connectivity index (χ3v) is 7.28. The number of rotatable bonds is 5. The van der Waals surface area contributed by atoms with Gasteiger partial charge in [-0.2, -0.15) is 0 Å². The Morgan fingerprint density at radius 2 is 1.80 bits per heavy atom. The van der Waals surface area contributed by atoms with Crippen molar-refractivity contribution in [3.05, 3.63) is 70.1 Å². The van der Waals surface area contributed by atoms with Crippen LogP contribution in [0.5, 0.6) is 5.75 Å². The number of nitrogens with zero attached hydrogens (tertiary/aromatic N) is 2. The highest BCUT2D eigenvalue weighted by molar-refractivity contribution is 5.98. The molecule has 2 atom stereocenters. The molecule has 2 aliphatic rings. The van der Waals surface area contributed by atoms with E-state index in [-0.39, 0.29) is 18.3 Å². The number of likely N-dealkylation sites (tertiary alicyclic amines) is 1. The molecule has 3 heterocycles. The van der Waals surface area contributed by atoms with E-state index in [9.17, 15) is 9.59 Å². The Kier molecular flexibility index (Phi) is 7.82. The van der Waals surface area contributed by atoms with Gasteiger partial charge in [-0.25, -0.2) is 4.79 Å². The van der Waals surface area contributed by atoms with Crippen LogP contribution in [0.25, 0.3) is 11.0 Å². The van der Waals surface area contributed by atoms with E-state index in [0.29, 0.717) is 48.8 Å². The summed E-state index contributed by atoms with van der Waals surface area (Å²) in [6.07, 6.45) is 4.96. The highest BCUT2D eigenvalue weighted by Crippen LogP contribution is 2.33. The van der Waals surface area contributed by atoms with Crippen LogP contribution < -0.4 is 15.3 Å². The summed E-state index contributed by atoms with van der Waals surface area (Å²) in [4.78, 5) is 30.4. The molecule has 35 heavy (non-hydrogen) atoms. The van der Waals surface area contributed by atoms with Gasteiger partial charge in [0.15, 0.2) is 0 Å². The van der Waals surface area contributed by atoms with Crippen molar-refractivity contribution in [2.45, 2.75) is 64.6 Å². The van der Waals surface area contributed by atoms with Crippen LogP contribution in [0.15, 0.2) is 57.7 Å². The number of carbonyl (C=O) groups is 1. The molecule has 0 aliphatic carbocycles. The van der Waals surface area contributed by atoms with E-state index in [0.717, 1.165) is 42.2 Å². The van der Waals surface area contributed by atoms with Gasteiger partial charge >= 0.3 is 5.63 Å². The molecule has 0 radical (unpaired) electrons. The molecule has 186 valence electrons. The fourth-order valence-electron chi connectivity index (χ4n) is 5.39. The minimum atomic E-state index is -0.437. The first-order chi connectivity index (χ1) is 16.5. The molecule has 3 aromatic rings. The molecule has 1 aromatic heterocycles. The standard InChI is InChI=1S/C28H32N2O4.ClH/c1-19-8-6-9-20(2)30(19)17-26(31)29-15-7-12-23-24-16-22(33-18-21-10-4-3-5-11-21)13-14-25(24)34-28(32)27(23)29;/h3-5,10-11,13-14,16,19-20H,6-9,12,15,17-18H2,1-2H3;1H. The molecule has 0 spiro atoms. The number of ether oxygens (including phenoxy) is 1.